The third-order valence-electron chi connectivity index (χ3n) is 8.26. The average molecular weight is 480 g/mol. The number of carbonyl (C=O) groups is 1. The van der Waals surface area contributed by atoms with E-state index < -0.39 is 0 Å². The van der Waals surface area contributed by atoms with Gasteiger partial charge in [0.2, 0.25) is 0 Å². The lowest BCUT2D eigenvalue weighted by molar-refractivity contribution is 0.0981. The molecule has 4 N–H and O–H groups in total. The minimum atomic E-state index is -0.276. The first-order valence-electron chi connectivity index (χ1n) is 12.5. The monoisotopic (exact) mass is 479 g/mol. The van der Waals surface area contributed by atoms with Crippen molar-refractivity contribution in [3.8, 4) is 0 Å². The van der Waals surface area contributed by atoms with Gasteiger partial charge in [0.15, 0.2) is 17.2 Å². The Morgan fingerprint density at radius 3 is 2.67 bits per heavy atom. The number of nitrogen functional groups attached to an aromatic ring is 1. The zero-order valence-electron chi connectivity index (χ0n) is 20.2. The van der Waals surface area contributed by atoms with Crippen LogP contribution < -0.4 is 21.3 Å². The molecule has 0 bridgehead atoms. The van der Waals surface area contributed by atoms with Crippen LogP contribution >= 0.6 is 0 Å². The lowest BCUT2D eigenvalue weighted by Gasteiger charge is -2.42. The molecule has 1 fully saturated rings. The van der Waals surface area contributed by atoms with Crippen molar-refractivity contribution in [2.45, 2.75) is 38.1 Å². The van der Waals surface area contributed by atoms with Gasteiger partial charge in [0.25, 0.3) is 5.91 Å². The molecule has 0 radical (unpaired) electrons. The van der Waals surface area contributed by atoms with E-state index in [1.54, 1.807) is 17.2 Å². The first-order valence-corrected chi connectivity index (χ1v) is 12.5. The van der Waals surface area contributed by atoms with E-state index in [0.717, 1.165) is 56.4 Å². The van der Waals surface area contributed by atoms with E-state index in [2.05, 4.69) is 44.0 Å². The number of piperidine rings is 1. The molecule has 1 spiro atoms. The molecule has 8 heteroatoms. The number of carbonyl (C=O) groups excluding carboxylic acids is 1. The molecule has 36 heavy (non-hydrogen) atoms. The summed E-state index contributed by atoms with van der Waals surface area (Å²) in [6.07, 6.45) is 6.19. The number of nitrogens with zero attached hydrogens (tertiary/aromatic N) is 5. The number of aromatic nitrogens is 2. The van der Waals surface area contributed by atoms with E-state index in [1.807, 2.05) is 12.1 Å². The fraction of sp³-hybridized carbons (Fsp3) is 0.357. The Morgan fingerprint density at radius 1 is 1.11 bits per heavy atom. The zero-order valence-corrected chi connectivity index (χ0v) is 20.2. The van der Waals surface area contributed by atoms with Crippen molar-refractivity contribution >= 4 is 28.9 Å². The van der Waals surface area contributed by atoms with E-state index in [9.17, 15) is 4.79 Å². The van der Waals surface area contributed by atoms with Crippen molar-refractivity contribution in [3.05, 3.63) is 82.5 Å². The molecule has 1 saturated heterocycles. The molecule has 0 saturated carbocycles. The van der Waals surface area contributed by atoms with Gasteiger partial charge in [-0.05, 0) is 60.3 Å². The van der Waals surface area contributed by atoms with Crippen molar-refractivity contribution < 1.29 is 4.79 Å². The van der Waals surface area contributed by atoms with Crippen LogP contribution in [0.4, 0.5) is 23.0 Å². The molecule has 3 heterocycles. The summed E-state index contributed by atoms with van der Waals surface area (Å²) in [7, 11) is 0. The van der Waals surface area contributed by atoms with Crippen molar-refractivity contribution in [3.63, 3.8) is 0 Å². The number of benzene rings is 2. The Labute approximate surface area is 210 Å². The van der Waals surface area contributed by atoms with Gasteiger partial charge >= 0.3 is 0 Å². The van der Waals surface area contributed by atoms with E-state index in [1.165, 1.54) is 11.1 Å². The molecule has 1 aliphatic carbocycles. The summed E-state index contributed by atoms with van der Waals surface area (Å²) in [5.74, 6) is 0.551. The summed E-state index contributed by atoms with van der Waals surface area (Å²) < 4.78 is 0. The number of amides is 1. The maximum absolute atomic E-state index is 13.4. The molecular formula is C28H29N7O. The summed E-state index contributed by atoms with van der Waals surface area (Å²) >= 11 is 0. The average Bonchev–Trinajstić information content (AvgIpc) is 3.18. The number of fused-ring (bicyclic) bond motifs is 2. The van der Waals surface area contributed by atoms with Gasteiger partial charge in [0.1, 0.15) is 5.82 Å². The van der Waals surface area contributed by atoms with E-state index in [-0.39, 0.29) is 28.9 Å². The molecule has 2 aromatic carbocycles. The molecular weight excluding hydrogens is 450 g/mol. The van der Waals surface area contributed by atoms with Crippen molar-refractivity contribution in [2.24, 2.45) is 11.1 Å². The Hall–Kier alpha value is -3.96. The highest BCUT2D eigenvalue weighted by atomic mass is 16.2. The third-order valence-corrected chi connectivity index (χ3v) is 8.26. The Bertz CT molecular complexity index is 1390. The molecule has 1 atom stereocenters. The SMILES string of the molecule is [C-]#[N+]c1cccc2c1CCCN2C(=O)c1ncc(N2CCC3(CC2)Cc2ccccc2C3N)nc1N. The van der Waals surface area contributed by atoms with Crippen molar-refractivity contribution in [1.82, 2.24) is 9.97 Å². The minimum absolute atomic E-state index is 0.0581. The highest BCUT2D eigenvalue weighted by Gasteiger charge is 2.46. The van der Waals surface area contributed by atoms with Gasteiger partial charge in [-0.15, -0.1) is 0 Å². The van der Waals surface area contributed by atoms with Crippen LogP contribution in [0, 0.1) is 12.0 Å². The molecule has 1 aromatic heterocycles. The van der Waals surface area contributed by atoms with Crippen molar-refractivity contribution in [1.29, 1.82) is 0 Å². The van der Waals surface area contributed by atoms with Crippen LogP contribution in [-0.2, 0) is 12.8 Å². The van der Waals surface area contributed by atoms with Crippen LogP contribution in [-0.4, -0.2) is 35.5 Å². The number of nitrogens with two attached hydrogens (primary N) is 2. The Balaban J connectivity index is 1.19. The number of rotatable bonds is 2. The Morgan fingerprint density at radius 2 is 1.92 bits per heavy atom. The lowest BCUT2D eigenvalue weighted by Crippen LogP contribution is -2.44. The number of hydrogen-bond donors (Lipinski definition) is 2. The van der Waals surface area contributed by atoms with Crippen LogP contribution in [0.3, 0.4) is 0 Å². The molecule has 182 valence electrons. The summed E-state index contributed by atoms with van der Waals surface area (Å²) in [6, 6.07) is 14.1. The maximum atomic E-state index is 13.4. The van der Waals surface area contributed by atoms with Crippen LogP contribution in [0.2, 0.25) is 0 Å². The van der Waals surface area contributed by atoms with Crippen LogP contribution in [0.5, 0.6) is 0 Å². The predicted octanol–water partition coefficient (Wildman–Crippen LogP) is 4.05. The maximum Gasteiger partial charge on any atom is 0.280 e. The van der Waals surface area contributed by atoms with Gasteiger partial charge in [-0.1, -0.05) is 36.4 Å². The number of anilines is 3. The second-order valence-electron chi connectivity index (χ2n) is 10.1. The standard InChI is InChI=1S/C28H29N7O/c1-31-21-9-4-10-22-20(21)8-5-13-35(22)27(36)24-26(30)33-23(17-32-24)34-14-11-28(12-15-34)16-18-6-2-3-7-19(18)25(28)29/h2-4,6-7,9-10,17,25H,5,8,11-16,29H2,(H2,30,33). The number of hydrogen-bond acceptors (Lipinski definition) is 6. The zero-order chi connectivity index (χ0) is 24.9. The van der Waals surface area contributed by atoms with Gasteiger partial charge in [-0.3, -0.25) is 4.79 Å². The highest BCUT2D eigenvalue weighted by molar-refractivity contribution is 6.08. The summed E-state index contributed by atoms with van der Waals surface area (Å²) in [5.41, 5.74) is 18.2. The van der Waals surface area contributed by atoms with Crippen LogP contribution in [0.15, 0.2) is 48.7 Å². The topological polar surface area (TPSA) is 106 Å². The largest absolute Gasteiger partial charge is 0.382 e. The van der Waals surface area contributed by atoms with Crippen LogP contribution in [0.25, 0.3) is 4.85 Å². The van der Waals surface area contributed by atoms with E-state index in [0.29, 0.717) is 18.1 Å². The van der Waals surface area contributed by atoms with Crippen LogP contribution in [0.1, 0.15) is 52.5 Å². The summed E-state index contributed by atoms with van der Waals surface area (Å²) in [4.78, 5) is 30.0. The molecule has 3 aliphatic rings. The highest BCUT2D eigenvalue weighted by Crippen LogP contribution is 2.50. The molecule has 3 aromatic rings. The van der Waals surface area contributed by atoms with E-state index in [4.69, 9.17) is 18.0 Å². The smallest absolute Gasteiger partial charge is 0.280 e. The fourth-order valence-electron chi connectivity index (χ4n) is 6.25. The first-order chi connectivity index (χ1) is 17.5. The molecule has 1 amide bonds. The lowest BCUT2D eigenvalue weighted by atomic mass is 9.73. The second kappa shape index (κ2) is 8.61. The van der Waals surface area contributed by atoms with E-state index >= 15 is 0 Å². The predicted molar refractivity (Wildman–Crippen MR) is 140 cm³/mol. The first kappa shape index (κ1) is 22.5. The summed E-state index contributed by atoms with van der Waals surface area (Å²) in [6.45, 7) is 9.65. The quantitative estimate of drug-likeness (QED) is 0.538. The second-order valence-corrected chi connectivity index (χ2v) is 10.1. The fourth-order valence-corrected chi connectivity index (χ4v) is 6.25. The van der Waals surface area contributed by atoms with Gasteiger partial charge in [-0.2, -0.15) is 0 Å². The van der Waals surface area contributed by atoms with Gasteiger partial charge < -0.3 is 21.3 Å². The molecule has 1 unspecified atom stereocenters. The Kier molecular flexibility index (Phi) is 5.38. The van der Waals surface area contributed by atoms with Gasteiger partial charge in [0.05, 0.1) is 12.8 Å². The molecule has 8 nitrogen and oxygen atoms in total. The van der Waals surface area contributed by atoms with Gasteiger partial charge in [-0.25, -0.2) is 14.8 Å². The third kappa shape index (κ3) is 3.50. The van der Waals surface area contributed by atoms with Crippen molar-refractivity contribution in [2.75, 3.05) is 35.2 Å². The van der Waals surface area contributed by atoms with Gasteiger partial charge in [0, 0.05) is 31.4 Å². The summed E-state index contributed by atoms with van der Waals surface area (Å²) in [5, 5.41) is 0. The molecule has 6 rings (SSSR count). The minimum Gasteiger partial charge on any atom is -0.382 e. The normalized spacial score (nSPS) is 20.1. The molecule has 2 aliphatic heterocycles.